The summed E-state index contributed by atoms with van der Waals surface area (Å²) in [6.07, 6.45) is 0. The fourth-order valence-electron chi connectivity index (χ4n) is 1.50. The normalized spacial score (nSPS) is 12.0. The van der Waals surface area contributed by atoms with E-state index in [1.807, 2.05) is 0 Å². The number of rotatable bonds is 7. The predicted molar refractivity (Wildman–Crippen MR) is 72.4 cm³/mol. The Kier molecular flexibility index (Phi) is 6.62. The zero-order valence-electron chi connectivity index (χ0n) is 11.0. The van der Waals surface area contributed by atoms with Crippen LogP contribution in [0.4, 0.5) is 0 Å². The Bertz CT molecular complexity index is 425. The lowest BCUT2D eigenvalue weighted by atomic mass is 10.1. The molecule has 0 spiro atoms. The molecule has 0 aliphatic carbocycles. The number of nitrogens with two attached hydrogens (primary N) is 1. The summed E-state index contributed by atoms with van der Waals surface area (Å²) in [6.45, 7) is 2.14. The fourth-order valence-corrected chi connectivity index (χ4v) is 1.81. The Labute approximate surface area is 117 Å². The number of carbonyl (C=O) groups is 1. The summed E-state index contributed by atoms with van der Waals surface area (Å²) in [5.74, 6) is 0.254. The van der Waals surface area contributed by atoms with E-state index in [1.165, 1.54) is 0 Å². The molecular weight excluding hydrogens is 270 g/mol. The Morgan fingerprint density at radius 2 is 2.21 bits per heavy atom. The smallest absolute Gasteiger partial charge is 0.332 e. The lowest BCUT2D eigenvalue weighted by molar-refractivity contribution is -0.148. The van der Waals surface area contributed by atoms with E-state index in [2.05, 4.69) is 0 Å². The van der Waals surface area contributed by atoms with E-state index in [0.29, 0.717) is 17.4 Å². The molecule has 1 atom stereocenters. The van der Waals surface area contributed by atoms with Crippen LogP contribution >= 0.6 is 11.6 Å². The Balaban J connectivity index is 2.49. The number of hydrogen-bond donors (Lipinski definition) is 1. The molecule has 0 bridgehead atoms. The van der Waals surface area contributed by atoms with Crippen molar-refractivity contribution in [2.45, 2.75) is 13.0 Å². The van der Waals surface area contributed by atoms with Gasteiger partial charge in [0.1, 0.15) is 12.4 Å². The van der Waals surface area contributed by atoms with Crippen molar-refractivity contribution < 1.29 is 19.0 Å². The molecule has 106 valence electrons. The summed E-state index contributed by atoms with van der Waals surface area (Å²) in [5, 5.41) is 0.506. The predicted octanol–water partition coefficient (Wildman–Crippen LogP) is 1.93. The third-order valence-corrected chi connectivity index (χ3v) is 2.76. The average Bonchev–Trinajstić information content (AvgIpc) is 2.38. The number of ether oxygens (including phenoxy) is 3. The van der Waals surface area contributed by atoms with Crippen LogP contribution in [0, 0.1) is 0 Å². The highest BCUT2D eigenvalue weighted by Gasteiger charge is 2.12. The van der Waals surface area contributed by atoms with Gasteiger partial charge in [0.2, 0.25) is 0 Å². The van der Waals surface area contributed by atoms with Crippen molar-refractivity contribution in [2.24, 2.45) is 5.73 Å². The number of halogens is 1. The summed E-state index contributed by atoms with van der Waals surface area (Å²) < 4.78 is 15.0. The van der Waals surface area contributed by atoms with E-state index >= 15 is 0 Å². The first-order valence-electron chi connectivity index (χ1n) is 5.90. The summed E-state index contributed by atoms with van der Waals surface area (Å²) in [5.41, 5.74) is 6.69. The fraction of sp³-hybridized carbons (Fsp3) is 0.462. The first-order chi connectivity index (χ1) is 9.08. The van der Waals surface area contributed by atoms with Gasteiger partial charge in [0.05, 0.1) is 26.4 Å². The van der Waals surface area contributed by atoms with Gasteiger partial charge in [-0.2, -0.15) is 0 Å². The minimum absolute atomic E-state index is 0.116. The number of esters is 1. The number of benzene rings is 1. The summed E-state index contributed by atoms with van der Waals surface area (Å²) in [7, 11) is 1.56. The van der Waals surface area contributed by atoms with Gasteiger partial charge in [-0.25, -0.2) is 4.79 Å². The molecule has 0 aliphatic heterocycles. The largest absolute Gasteiger partial charge is 0.497 e. The summed E-state index contributed by atoms with van der Waals surface area (Å²) in [4.78, 5) is 11.1. The first-order valence-corrected chi connectivity index (χ1v) is 6.28. The van der Waals surface area contributed by atoms with Gasteiger partial charge in [-0.15, -0.1) is 0 Å². The minimum Gasteiger partial charge on any atom is -0.497 e. The van der Waals surface area contributed by atoms with Gasteiger partial charge < -0.3 is 19.9 Å². The van der Waals surface area contributed by atoms with Crippen molar-refractivity contribution in [2.75, 3.05) is 26.9 Å². The molecule has 19 heavy (non-hydrogen) atoms. The third-order valence-electron chi connectivity index (χ3n) is 2.43. The van der Waals surface area contributed by atoms with E-state index in [1.54, 1.807) is 32.2 Å². The standard InChI is InChI=1S/C13H18ClNO4/c1-3-19-13(16)8-18-7-12(15)10-5-4-9(17-2)6-11(10)14/h4-6,12H,3,7-8,15H2,1-2H3. The van der Waals surface area contributed by atoms with Crippen molar-refractivity contribution in [1.82, 2.24) is 0 Å². The SMILES string of the molecule is CCOC(=O)COCC(N)c1ccc(OC)cc1Cl. The van der Waals surface area contributed by atoms with Crippen LogP contribution in [0.15, 0.2) is 18.2 Å². The maximum atomic E-state index is 11.1. The highest BCUT2D eigenvalue weighted by molar-refractivity contribution is 6.31. The lowest BCUT2D eigenvalue weighted by Crippen LogP contribution is -2.21. The van der Waals surface area contributed by atoms with E-state index in [4.69, 9.17) is 31.5 Å². The van der Waals surface area contributed by atoms with Crippen molar-refractivity contribution in [1.29, 1.82) is 0 Å². The van der Waals surface area contributed by atoms with Crippen LogP contribution in [0.3, 0.4) is 0 Å². The van der Waals surface area contributed by atoms with Gasteiger partial charge in [0, 0.05) is 5.02 Å². The van der Waals surface area contributed by atoms with Gasteiger partial charge in [-0.1, -0.05) is 17.7 Å². The number of methoxy groups -OCH3 is 1. The molecule has 0 aromatic heterocycles. The van der Waals surface area contributed by atoms with Crippen molar-refractivity contribution >= 4 is 17.6 Å². The molecule has 6 heteroatoms. The minimum atomic E-state index is -0.409. The van der Waals surface area contributed by atoms with Crippen molar-refractivity contribution in [3.05, 3.63) is 28.8 Å². The maximum absolute atomic E-state index is 11.1. The van der Waals surface area contributed by atoms with Crippen LogP contribution in [0.25, 0.3) is 0 Å². The molecule has 1 unspecified atom stereocenters. The second kappa shape index (κ2) is 7.99. The zero-order chi connectivity index (χ0) is 14.3. The highest BCUT2D eigenvalue weighted by Crippen LogP contribution is 2.26. The first kappa shape index (κ1) is 15.8. The van der Waals surface area contributed by atoms with Gasteiger partial charge in [0.25, 0.3) is 0 Å². The Morgan fingerprint density at radius 1 is 1.47 bits per heavy atom. The van der Waals surface area contributed by atoms with E-state index < -0.39 is 12.0 Å². The second-order valence-corrected chi connectivity index (χ2v) is 4.22. The van der Waals surface area contributed by atoms with Crippen LogP contribution in [-0.2, 0) is 14.3 Å². The average molecular weight is 288 g/mol. The van der Waals surface area contributed by atoms with Crippen LogP contribution in [-0.4, -0.2) is 32.9 Å². The molecule has 1 rings (SSSR count). The number of hydrogen-bond acceptors (Lipinski definition) is 5. The molecule has 2 N–H and O–H groups in total. The molecule has 0 radical (unpaired) electrons. The molecular formula is C13H18ClNO4. The van der Waals surface area contributed by atoms with Crippen LogP contribution < -0.4 is 10.5 Å². The Hall–Kier alpha value is -1.30. The molecule has 0 saturated carbocycles. The van der Waals surface area contributed by atoms with Crippen molar-refractivity contribution in [3.63, 3.8) is 0 Å². The maximum Gasteiger partial charge on any atom is 0.332 e. The molecule has 0 aliphatic rings. The molecule has 1 aromatic rings. The van der Waals surface area contributed by atoms with Gasteiger partial charge in [0.15, 0.2) is 0 Å². The van der Waals surface area contributed by atoms with Gasteiger partial charge in [-0.05, 0) is 24.6 Å². The van der Waals surface area contributed by atoms with Crippen LogP contribution in [0.2, 0.25) is 5.02 Å². The second-order valence-electron chi connectivity index (χ2n) is 3.81. The Morgan fingerprint density at radius 3 is 2.79 bits per heavy atom. The molecule has 0 fully saturated rings. The molecule has 1 aromatic carbocycles. The summed E-state index contributed by atoms with van der Waals surface area (Å²) >= 11 is 6.09. The van der Waals surface area contributed by atoms with E-state index in [-0.39, 0.29) is 13.2 Å². The molecule has 0 amide bonds. The van der Waals surface area contributed by atoms with Gasteiger partial charge >= 0.3 is 5.97 Å². The quantitative estimate of drug-likeness (QED) is 0.776. The lowest BCUT2D eigenvalue weighted by Gasteiger charge is -2.14. The molecule has 0 saturated heterocycles. The molecule has 5 nitrogen and oxygen atoms in total. The van der Waals surface area contributed by atoms with Crippen molar-refractivity contribution in [3.8, 4) is 5.75 Å². The van der Waals surface area contributed by atoms with Crippen LogP contribution in [0.1, 0.15) is 18.5 Å². The topological polar surface area (TPSA) is 70.8 Å². The highest BCUT2D eigenvalue weighted by atomic mass is 35.5. The van der Waals surface area contributed by atoms with E-state index in [0.717, 1.165) is 5.56 Å². The van der Waals surface area contributed by atoms with Gasteiger partial charge in [-0.3, -0.25) is 0 Å². The number of carbonyl (C=O) groups excluding carboxylic acids is 1. The summed E-state index contributed by atoms with van der Waals surface area (Å²) in [6, 6.07) is 4.82. The third kappa shape index (κ3) is 5.06. The van der Waals surface area contributed by atoms with Crippen LogP contribution in [0.5, 0.6) is 5.75 Å². The molecule has 0 heterocycles. The monoisotopic (exact) mass is 287 g/mol. The zero-order valence-corrected chi connectivity index (χ0v) is 11.8. The van der Waals surface area contributed by atoms with E-state index in [9.17, 15) is 4.79 Å².